The van der Waals surface area contributed by atoms with E-state index in [4.69, 9.17) is 10.5 Å². The molecule has 0 bridgehead atoms. The van der Waals surface area contributed by atoms with Gasteiger partial charge in [0.15, 0.2) is 0 Å². The van der Waals surface area contributed by atoms with E-state index in [2.05, 4.69) is 10.6 Å². The predicted octanol–water partition coefficient (Wildman–Crippen LogP) is 1.35. The number of halogens is 1. The Kier molecular flexibility index (Phi) is 5.23. The van der Waals surface area contributed by atoms with Gasteiger partial charge in [0, 0.05) is 18.7 Å². The van der Waals surface area contributed by atoms with Gasteiger partial charge in [-0.2, -0.15) is 0 Å². The lowest BCUT2D eigenvalue weighted by molar-refractivity contribution is -0.119. The number of nitrogens with one attached hydrogen (secondary N) is 2. The molecule has 0 saturated carbocycles. The van der Waals surface area contributed by atoms with Crippen LogP contribution in [0.15, 0.2) is 12.1 Å². The van der Waals surface area contributed by atoms with Gasteiger partial charge in [-0.1, -0.05) is 6.92 Å². The number of nitrogen functional groups attached to an aromatic ring is 1. The molecule has 5 nitrogen and oxygen atoms in total. The van der Waals surface area contributed by atoms with Gasteiger partial charge in [-0.15, -0.1) is 0 Å². The van der Waals surface area contributed by atoms with Crippen LogP contribution in [-0.4, -0.2) is 26.1 Å². The SMILES string of the molecule is CCCNC(=O)CNc1cc(OC)c(N)cc1F. The summed E-state index contributed by atoms with van der Waals surface area (Å²) in [6.45, 7) is 2.57. The van der Waals surface area contributed by atoms with Crippen molar-refractivity contribution in [3.8, 4) is 5.75 Å². The summed E-state index contributed by atoms with van der Waals surface area (Å²) >= 11 is 0. The van der Waals surface area contributed by atoms with Crippen molar-refractivity contribution in [1.29, 1.82) is 0 Å². The third-order valence-electron chi connectivity index (χ3n) is 2.33. The Morgan fingerprint density at radius 3 is 2.83 bits per heavy atom. The van der Waals surface area contributed by atoms with Gasteiger partial charge in [0.05, 0.1) is 25.0 Å². The van der Waals surface area contributed by atoms with E-state index >= 15 is 0 Å². The molecule has 0 aliphatic heterocycles. The van der Waals surface area contributed by atoms with Crippen LogP contribution in [0.2, 0.25) is 0 Å². The Labute approximate surface area is 106 Å². The van der Waals surface area contributed by atoms with E-state index < -0.39 is 5.82 Å². The fourth-order valence-electron chi connectivity index (χ4n) is 1.38. The van der Waals surface area contributed by atoms with E-state index in [1.807, 2.05) is 6.92 Å². The number of anilines is 2. The maximum Gasteiger partial charge on any atom is 0.239 e. The lowest BCUT2D eigenvalue weighted by Gasteiger charge is -2.11. The lowest BCUT2D eigenvalue weighted by atomic mass is 10.2. The molecule has 0 heterocycles. The molecule has 1 amide bonds. The minimum Gasteiger partial charge on any atom is -0.495 e. The summed E-state index contributed by atoms with van der Waals surface area (Å²) in [4.78, 5) is 11.4. The zero-order chi connectivity index (χ0) is 13.5. The molecule has 0 fully saturated rings. The third kappa shape index (κ3) is 3.80. The van der Waals surface area contributed by atoms with Crippen LogP contribution in [0.25, 0.3) is 0 Å². The maximum atomic E-state index is 13.5. The highest BCUT2D eigenvalue weighted by Gasteiger charge is 2.09. The number of hydrogen-bond acceptors (Lipinski definition) is 4. The molecule has 0 aliphatic carbocycles. The van der Waals surface area contributed by atoms with E-state index in [0.717, 1.165) is 12.5 Å². The Balaban J connectivity index is 2.64. The molecular weight excluding hydrogens is 237 g/mol. The van der Waals surface area contributed by atoms with Gasteiger partial charge >= 0.3 is 0 Å². The number of hydrogen-bond donors (Lipinski definition) is 3. The standard InChI is InChI=1S/C12H18FN3O2/c1-3-4-15-12(17)7-16-10-6-11(18-2)9(14)5-8(10)13/h5-6,16H,3-4,7,14H2,1-2H3,(H,15,17). The van der Waals surface area contributed by atoms with Crippen molar-refractivity contribution >= 4 is 17.3 Å². The van der Waals surface area contributed by atoms with Crippen molar-refractivity contribution in [1.82, 2.24) is 5.32 Å². The summed E-state index contributed by atoms with van der Waals surface area (Å²) in [6.07, 6.45) is 0.857. The number of methoxy groups -OCH3 is 1. The second kappa shape index (κ2) is 6.68. The number of ether oxygens (including phenoxy) is 1. The fourth-order valence-corrected chi connectivity index (χ4v) is 1.38. The highest BCUT2D eigenvalue weighted by atomic mass is 19.1. The summed E-state index contributed by atoms with van der Waals surface area (Å²) in [6, 6.07) is 2.59. The first-order chi connectivity index (χ1) is 8.58. The lowest BCUT2D eigenvalue weighted by Crippen LogP contribution is -2.30. The van der Waals surface area contributed by atoms with Gasteiger partial charge < -0.3 is 21.1 Å². The van der Waals surface area contributed by atoms with E-state index in [1.165, 1.54) is 13.2 Å². The van der Waals surface area contributed by atoms with Crippen LogP contribution in [0, 0.1) is 5.82 Å². The van der Waals surface area contributed by atoms with Crippen molar-refractivity contribution < 1.29 is 13.9 Å². The smallest absolute Gasteiger partial charge is 0.239 e. The number of rotatable bonds is 6. The largest absolute Gasteiger partial charge is 0.495 e. The molecule has 100 valence electrons. The van der Waals surface area contributed by atoms with Gasteiger partial charge in [-0.05, 0) is 6.42 Å². The topological polar surface area (TPSA) is 76.4 Å². The van der Waals surface area contributed by atoms with E-state index in [9.17, 15) is 9.18 Å². The van der Waals surface area contributed by atoms with Crippen molar-refractivity contribution in [2.45, 2.75) is 13.3 Å². The monoisotopic (exact) mass is 255 g/mol. The molecule has 0 atom stereocenters. The number of amides is 1. The molecule has 0 spiro atoms. The summed E-state index contributed by atoms with van der Waals surface area (Å²) in [5.74, 6) is -0.337. The van der Waals surface area contributed by atoms with Crippen LogP contribution >= 0.6 is 0 Å². The second-order valence-electron chi connectivity index (χ2n) is 3.78. The van der Waals surface area contributed by atoms with Gasteiger partial charge in [-0.25, -0.2) is 4.39 Å². The Bertz CT molecular complexity index is 424. The van der Waals surface area contributed by atoms with E-state index in [1.54, 1.807) is 0 Å². The number of carbonyl (C=O) groups excluding carboxylic acids is 1. The second-order valence-corrected chi connectivity index (χ2v) is 3.78. The Hall–Kier alpha value is -1.98. The van der Waals surface area contributed by atoms with Crippen molar-refractivity contribution in [2.24, 2.45) is 0 Å². The first-order valence-electron chi connectivity index (χ1n) is 5.72. The quantitative estimate of drug-likeness (QED) is 0.671. The van der Waals surface area contributed by atoms with E-state index in [-0.39, 0.29) is 23.8 Å². The minimum atomic E-state index is -0.517. The molecular formula is C12H18FN3O2. The average molecular weight is 255 g/mol. The molecule has 1 aromatic carbocycles. The fraction of sp³-hybridized carbons (Fsp3) is 0.417. The van der Waals surface area contributed by atoms with Gasteiger partial charge in [0.1, 0.15) is 11.6 Å². The minimum absolute atomic E-state index is 0.00396. The maximum absolute atomic E-state index is 13.5. The predicted molar refractivity (Wildman–Crippen MR) is 69.2 cm³/mol. The normalized spacial score (nSPS) is 9.94. The number of nitrogens with two attached hydrogens (primary N) is 1. The molecule has 6 heteroatoms. The molecule has 0 radical (unpaired) electrons. The van der Waals surface area contributed by atoms with Crippen LogP contribution in [0.1, 0.15) is 13.3 Å². The molecule has 1 aromatic rings. The van der Waals surface area contributed by atoms with Gasteiger partial charge in [0.2, 0.25) is 5.91 Å². The molecule has 0 saturated heterocycles. The summed E-state index contributed by atoms with van der Waals surface area (Å²) < 4.78 is 18.5. The van der Waals surface area contributed by atoms with Crippen LogP contribution in [0.4, 0.5) is 15.8 Å². The average Bonchev–Trinajstić information content (AvgIpc) is 2.35. The molecule has 0 aliphatic rings. The highest BCUT2D eigenvalue weighted by molar-refractivity contribution is 5.81. The highest BCUT2D eigenvalue weighted by Crippen LogP contribution is 2.27. The van der Waals surface area contributed by atoms with Gasteiger partial charge in [-0.3, -0.25) is 4.79 Å². The molecule has 0 aromatic heterocycles. The zero-order valence-electron chi connectivity index (χ0n) is 10.5. The van der Waals surface area contributed by atoms with Crippen LogP contribution in [-0.2, 0) is 4.79 Å². The third-order valence-corrected chi connectivity index (χ3v) is 2.33. The van der Waals surface area contributed by atoms with Crippen LogP contribution in [0.5, 0.6) is 5.75 Å². The van der Waals surface area contributed by atoms with E-state index in [0.29, 0.717) is 12.3 Å². The Morgan fingerprint density at radius 2 is 2.22 bits per heavy atom. The molecule has 0 unspecified atom stereocenters. The van der Waals surface area contributed by atoms with Crippen LogP contribution in [0.3, 0.4) is 0 Å². The summed E-state index contributed by atoms with van der Waals surface area (Å²) in [5.41, 5.74) is 5.96. The first-order valence-corrected chi connectivity index (χ1v) is 5.72. The zero-order valence-corrected chi connectivity index (χ0v) is 10.5. The number of benzene rings is 1. The Morgan fingerprint density at radius 1 is 1.50 bits per heavy atom. The van der Waals surface area contributed by atoms with Crippen molar-refractivity contribution in [3.05, 3.63) is 17.9 Å². The molecule has 18 heavy (non-hydrogen) atoms. The van der Waals surface area contributed by atoms with Crippen molar-refractivity contribution in [3.63, 3.8) is 0 Å². The van der Waals surface area contributed by atoms with Gasteiger partial charge in [0.25, 0.3) is 0 Å². The number of carbonyl (C=O) groups is 1. The summed E-state index contributed by atoms with van der Waals surface area (Å²) in [5, 5.41) is 5.38. The summed E-state index contributed by atoms with van der Waals surface area (Å²) in [7, 11) is 1.45. The molecule has 4 N–H and O–H groups in total. The van der Waals surface area contributed by atoms with Crippen LogP contribution < -0.4 is 21.1 Å². The first kappa shape index (κ1) is 14.1. The molecule has 1 rings (SSSR count). The van der Waals surface area contributed by atoms with Crippen molar-refractivity contribution in [2.75, 3.05) is 31.2 Å².